The van der Waals surface area contributed by atoms with E-state index in [1.54, 1.807) is 17.7 Å². The Morgan fingerprint density at radius 2 is 1.97 bits per heavy atom. The van der Waals surface area contributed by atoms with Gasteiger partial charge in [0, 0.05) is 37.7 Å². The van der Waals surface area contributed by atoms with Gasteiger partial charge in [-0.25, -0.2) is 0 Å². The van der Waals surface area contributed by atoms with Crippen molar-refractivity contribution in [3.8, 4) is 5.75 Å². The predicted octanol–water partition coefficient (Wildman–Crippen LogP) is 2.13. The minimum atomic E-state index is -0.478. The Kier molecular flexibility index (Phi) is 5.29. The van der Waals surface area contributed by atoms with Gasteiger partial charge < -0.3 is 24.6 Å². The van der Waals surface area contributed by atoms with Crippen LogP contribution in [0.25, 0.3) is 0 Å². The van der Waals surface area contributed by atoms with Crippen LogP contribution in [0, 0.1) is 11.1 Å². The summed E-state index contributed by atoms with van der Waals surface area (Å²) >= 11 is 0. The summed E-state index contributed by atoms with van der Waals surface area (Å²) in [5.41, 5.74) is 1.16. The van der Waals surface area contributed by atoms with Gasteiger partial charge >= 0.3 is 0 Å². The third kappa shape index (κ3) is 3.86. The molecule has 29 heavy (non-hydrogen) atoms. The number of carbonyl (C=O) groups is 1. The minimum Gasteiger partial charge on any atom is -0.733 e. The molecule has 2 atom stereocenters. The third-order valence-corrected chi connectivity index (χ3v) is 5.93. The SMILES string of the molecule is COc1ccc(CCC(=O)N2CC3CC(C2)c2ccc(N([O-])O)c(=O)n2C3)cc1. The van der Waals surface area contributed by atoms with E-state index in [-0.39, 0.29) is 28.7 Å². The number of methoxy groups -OCH3 is 1. The first-order valence-corrected chi connectivity index (χ1v) is 9.77. The second-order valence-corrected chi connectivity index (χ2v) is 7.78. The molecule has 1 aromatic carbocycles. The van der Waals surface area contributed by atoms with Gasteiger partial charge in [-0.1, -0.05) is 12.1 Å². The molecule has 8 nitrogen and oxygen atoms in total. The molecule has 2 aliphatic heterocycles. The molecule has 2 aromatic rings. The highest BCUT2D eigenvalue weighted by Gasteiger charge is 2.36. The van der Waals surface area contributed by atoms with Crippen LogP contribution in [-0.4, -0.2) is 40.8 Å². The first kappa shape index (κ1) is 19.5. The molecule has 1 fully saturated rings. The van der Waals surface area contributed by atoms with Crippen LogP contribution in [-0.2, 0) is 17.8 Å². The zero-order valence-electron chi connectivity index (χ0n) is 16.3. The van der Waals surface area contributed by atoms with Crippen LogP contribution in [0.15, 0.2) is 41.2 Å². The number of fused-ring (bicyclic) bond motifs is 4. The van der Waals surface area contributed by atoms with Gasteiger partial charge in [0.2, 0.25) is 5.91 Å². The number of pyridine rings is 1. The van der Waals surface area contributed by atoms with E-state index in [0.717, 1.165) is 23.4 Å². The minimum absolute atomic E-state index is 0.0629. The molecule has 3 heterocycles. The van der Waals surface area contributed by atoms with Gasteiger partial charge in [-0.05, 0) is 48.6 Å². The molecule has 2 unspecified atom stereocenters. The van der Waals surface area contributed by atoms with E-state index in [9.17, 15) is 14.8 Å². The Morgan fingerprint density at radius 3 is 2.66 bits per heavy atom. The number of benzene rings is 1. The topological polar surface area (TPSA) is 98.1 Å². The van der Waals surface area contributed by atoms with Crippen molar-refractivity contribution in [3.05, 3.63) is 63.2 Å². The number of likely N-dealkylation sites (tertiary alicyclic amines) is 1. The van der Waals surface area contributed by atoms with Crippen LogP contribution < -0.4 is 15.5 Å². The molecule has 1 saturated heterocycles. The average Bonchev–Trinajstić information content (AvgIpc) is 2.72. The van der Waals surface area contributed by atoms with Crippen molar-refractivity contribution in [3.63, 3.8) is 0 Å². The van der Waals surface area contributed by atoms with E-state index >= 15 is 0 Å². The largest absolute Gasteiger partial charge is 0.733 e. The summed E-state index contributed by atoms with van der Waals surface area (Å²) in [4.78, 5) is 27.2. The van der Waals surface area contributed by atoms with Crippen LogP contribution in [0.4, 0.5) is 5.69 Å². The fourth-order valence-corrected chi connectivity index (χ4v) is 4.49. The average molecular weight is 398 g/mol. The number of aryl methyl sites for hydroxylation is 1. The van der Waals surface area contributed by atoms with Crippen molar-refractivity contribution in [2.24, 2.45) is 5.92 Å². The van der Waals surface area contributed by atoms with Crippen LogP contribution in [0.1, 0.15) is 30.0 Å². The lowest BCUT2D eigenvalue weighted by atomic mass is 9.83. The van der Waals surface area contributed by atoms with Crippen molar-refractivity contribution in [2.45, 2.75) is 31.7 Å². The summed E-state index contributed by atoms with van der Waals surface area (Å²) < 4.78 is 6.73. The lowest BCUT2D eigenvalue weighted by Gasteiger charge is -2.43. The molecule has 8 heteroatoms. The van der Waals surface area contributed by atoms with Crippen molar-refractivity contribution in [1.82, 2.24) is 9.47 Å². The number of piperidine rings is 1. The summed E-state index contributed by atoms with van der Waals surface area (Å²) in [6.45, 7) is 1.62. The molecule has 154 valence electrons. The molecular weight excluding hydrogens is 374 g/mol. The number of aromatic nitrogens is 1. The maximum absolute atomic E-state index is 12.8. The van der Waals surface area contributed by atoms with E-state index in [0.29, 0.717) is 32.5 Å². The molecule has 1 aromatic heterocycles. The zero-order chi connectivity index (χ0) is 20.5. The monoisotopic (exact) mass is 398 g/mol. The van der Waals surface area contributed by atoms with E-state index in [4.69, 9.17) is 9.94 Å². The van der Waals surface area contributed by atoms with Gasteiger partial charge in [0.15, 0.2) is 0 Å². The number of anilines is 1. The fourth-order valence-electron chi connectivity index (χ4n) is 4.49. The summed E-state index contributed by atoms with van der Waals surface area (Å²) in [7, 11) is 1.62. The Hall–Kier alpha value is -2.84. The first-order valence-electron chi connectivity index (χ1n) is 9.77. The van der Waals surface area contributed by atoms with Gasteiger partial charge in [-0.2, -0.15) is 0 Å². The second-order valence-electron chi connectivity index (χ2n) is 7.78. The zero-order valence-corrected chi connectivity index (χ0v) is 16.3. The fraction of sp³-hybridized carbons (Fsp3) is 0.429. The number of carbonyl (C=O) groups excluding carboxylic acids is 1. The molecule has 1 N–H and O–H groups in total. The quantitative estimate of drug-likeness (QED) is 0.775. The van der Waals surface area contributed by atoms with Gasteiger partial charge in [0.05, 0.1) is 7.11 Å². The van der Waals surface area contributed by atoms with E-state index in [1.807, 2.05) is 29.2 Å². The summed E-state index contributed by atoms with van der Waals surface area (Å²) in [5, 5.41) is 19.9. The lowest BCUT2D eigenvalue weighted by Crippen LogP contribution is -2.49. The summed E-state index contributed by atoms with van der Waals surface area (Å²) in [6, 6.07) is 10.8. The predicted molar refractivity (Wildman–Crippen MR) is 107 cm³/mol. The number of ether oxygens (including phenoxy) is 1. The summed E-state index contributed by atoms with van der Waals surface area (Å²) in [6.07, 6.45) is 2.03. The van der Waals surface area contributed by atoms with Crippen molar-refractivity contribution >= 4 is 11.6 Å². The Bertz CT molecular complexity index is 954. The van der Waals surface area contributed by atoms with Crippen LogP contribution in [0.3, 0.4) is 0 Å². The highest BCUT2D eigenvalue weighted by molar-refractivity contribution is 5.76. The van der Waals surface area contributed by atoms with Gasteiger partial charge in [-0.15, -0.1) is 0 Å². The van der Waals surface area contributed by atoms with Gasteiger partial charge in [-0.3, -0.25) is 14.8 Å². The molecular formula is C21H24N3O5-. The molecule has 4 rings (SSSR count). The Morgan fingerprint density at radius 1 is 1.21 bits per heavy atom. The van der Waals surface area contributed by atoms with Gasteiger partial charge in [0.25, 0.3) is 5.56 Å². The molecule has 0 saturated carbocycles. The molecule has 2 bridgehead atoms. The molecule has 0 spiro atoms. The highest BCUT2D eigenvalue weighted by atomic mass is 16.8. The number of nitrogens with zero attached hydrogens (tertiary/aromatic N) is 3. The number of amides is 1. The first-order chi connectivity index (χ1) is 14.0. The summed E-state index contributed by atoms with van der Waals surface area (Å²) in [5.74, 6) is 1.14. The number of hydrogen-bond acceptors (Lipinski definition) is 6. The molecule has 2 aliphatic rings. The van der Waals surface area contributed by atoms with Crippen LogP contribution in [0.2, 0.25) is 0 Å². The van der Waals surface area contributed by atoms with Crippen molar-refractivity contribution in [1.29, 1.82) is 0 Å². The lowest BCUT2D eigenvalue weighted by molar-refractivity contribution is -0.133. The maximum atomic E-state index is 12.8. The smallest absolute Gasteiger partial charge is 0.275 e. The molecule has 0 aliphatic carbocycles. The third-order valence-electron chi connectivity index (χ3n) is 5.93. The molecule has 0 radical (unpaired) electrons. The van der Waals surface area contributed by atoms with Crippen LogP contribution in [0.5, 0.6) is 5.75 Å². The van der Waals surface area contributed by atoms with E-state index in [1.165, 1.54) is 6.07 Å². The normalized spacial score (nSPS) is 20.2. The second kappa shape index (κ2) is 7.88. The molecule has 1 amide bonds. The highest BCUT2D eigenvalue weighted by Crippen LogP contribution is 2.35. The van der Waals surface area contributed by atoms with E-state index < -0.39 is 5.56 Å². The van der Waals surface area contributed by atoms with Crippen LogP contribution >= 0.6 is 0 Å². The van der Waals surface area contributed by atoms with Crippen molar-refractivity contribution in [2.75, 3.05) is 25.4 Å². The van der Waals surface area contributed by atoms with Gasteiger partial charge in [0.1, 0.15) is 11.4 Å². The Balaban J connectivity index is 1.44. The Labute approximate surface area is 168 Å². The standard InChI is InChI=1S/C21H24N3O5/c1-29-17-5-2-14(3-6-17)4-9-20(25)22-11-15-10-16(13-22)18-7-8-19(24(27)28)21(26)23(18)12-15/h2-3,5-8,15-16,27H,4,9-13H2,1H3/q-1. The number of hydrogen-bond donors (Lipinski definition) is 1. The maximum Gasteiger partial charge on any atom is 0.275 e. The van der Waals surface area contributed by atoms with Crippen molar-refractivity contribution < 1.29 is 14.7 Å². The van der Waals surface area contributed by atoms with E-state index in [2.05, 4.69) is 0 Å². The number of rotatable bonds is 5.